The molecule has 1 atom stereocenters. The van der Waals surface area contributed by atoms with E-state index in [1.807, 2.05) is 24.1 Å². The number of benzene rings is 1. The average molecular weight is 344 g/mol. The molecule has 0 radical (unpaired) electrons. The van der Waals surface area contributed by atoms with E-state index >= 15 is 0 Å². The maximum Gasteiger partial charge on any atom is 0.253 e. The number of hydrogen-bond acceptors (Lipinski definition) is 3. The van der Waals surface area contributed by atoms with Crippen LogP contribution in [-0.4, -0.2) is 55.1 Å². The zero-order chi connectivity index (χ0) is 17.5. The molecule has 4 nitrogen and oxygen atoms in total. The van der Waals surface area contributed by atoms with Crippen LogP contribution in [0.5, 0.6) is 0 Å². The number of likely N-dealkylation sites (tertiary alicyclic amines) is 1. The molecule has 0 aliphatic carbocycles. The monoisotopic (exact) mass is 344 g/mol. The number of ether oxygens (including phenoxy) is 1. The fourth-order valence-corrected chi connectivity index (χ4v) is 3.88. The van der Waals surface area contributed by atoms with Crippen LogP contribution < -0.4 is 0 Å². The summed E-state index contributed by atoms with van der Waals surface area (Å²) in [6.07, 6.45) is 8.84. The topological polar surface area (TPSA) is 32.8 Å². The van der Waals surface area contributed by atoms with Crippen LogP contribution in [0.3, 0.4) is 0 Å². The Morgan fingerprint density at radius 1 is 1.16 bits per heavy atom. The highest BCUT2D eigenvalue weighted by Gasteiger charge is 2.17. The van der Waals surface area contributed by atoms with Crippen LogP contribution in [0.2, 0.25) is 0 Å². The quantitative estimate of drug-likeness (QED) is 0.756. The summed E-state index contributed by atoms with van der Waals surface area (Å²) in [5.41, 5.74) is 2.10. The molecule has 2 heterocycles. The first-order chi connectivity index (χ1) is 12.2. The molecule has 0 spiro atoms. The lowest BCUT2D eigenvalue weighted by Gasteiger charge is -2.26. The van der Waals surface area contributed by atoms with Crippen molar-refractivity contribution in [3.63, 3.8) is 0 Å². The summed E-state index contributed by atoms with van der Waals surface area (Å²) in [6.45, 7) is 5.12. The van der Waals surface area contributed by atoms with Crippen molar-refractivity contribution in [3.05, 3.63) is 35.4 Å². The van der Waals surface area contributed by atoms with Gasteiger partial charge in [-0.2, -0.15) is 0 Å². The molecule has 25 heavy (non-hydrogen) atoms. The number of piperidine rings is 1. The lowest BCUT2D eigenvalue weighted by atomic mass is 10.1. The molecule has 1 amide bonds. The smallest absolute Gasteiger partial charge is 0.253 e. The molecule has 0 N–H and O–H groups in total. The fraction of sp³-hybridized carbons (Fsp3) is 0.667. The summed E-state index contributed by atoms with van der Waals surface area (Å²) in [4.78, 5) is 16.9. The van der Waals surface area contributed by atoms with Gasteiger partial charge in [-0.15, -0.1) is 0 Å². The number of nitrogens with zero attached hydrogens (tertiary/aromatic N) is 2. The van der Waals surface area contributed by atoms with Crippen LogP contribution >= 0.6 is 0 Å². The summed E-state index contributed by atoms with van der Waals surface area (Å²) in [7, 11) is 1.90. The second-order valence-electron chi connectivity index (χ2n) is 7.54. The second kappa shape index (κ2) is 9.35. The molecule has 138 valence electrons. The summed E-state index contributed by atoms with van der Waals surface area (Å²) in [6, 6.07) is 8.19. The molecular weight excluding hydrogens is 312 g/mol. The zero-order valence-electron chi connectivity index (χ0n) is 15.6. The minimum absolute atomic E-state index is 0.122. The molecule has 1 aromatic rings. The van der Waals surface area contributed by atoms with Gasteiger partial charge in [-0.25, -0.2) is 0 Å². The highest BCUT2D eigenvalue weighted by molar-refractivity contribution is 5.94. The molecule has 2 aliphatic rings. The van der Waals surface area contributed by atoms with Crippen molar-refractivity contribution in [2.45, 2.75) is 57.6 Å². The molecule has 0 bridgehead atoms. The third-order valence-electron chi connectivity index (χ3n) is 5.45. The van der Waals surface area contributed by atoms with Gasteiger partial charge in [0.25, 0.3) is 5.91 Å². The number of carbonyl (C=O) groups excluding carboxylic acids is 1. The third kappa shape index (κ3) is 5.55. The summed E-state index contributed by atoms with van der Waals surface area (Å²) in [5.74, 6) is 0.122. The van der Waals surface area contributed by atoms with Crippen molar-refractivity contribution in [1.82, 2.24) is 9.80 Å². The van der Waals surface area contributed by atoms with E-state index in [1.165, 1.54) is 50.8 Å². The van der Waals surface area contributed by atoms with E-state index in [4.69, 9.17) is 4.74 Å². The molecule has 1 aromatic carbocycles. The Hall–Kier alpha value is -1.39. The van der Waals surface area contributed by atoms with E-state index in [9.17, 15) is 4.79 Å². The van der Waals surface area contributed by atoms with E-state index in [0.29, 0.717) is 6.10 Å². The van der Waals surface area contributed by atoms with Gasteiger partial charge in [0, 0.05) is 32.3 Å². The lowest BCUT2D eigenvalue weighted by molar-refractivity contribution is 0.0763. The molecule has 0 aromatic heterocycles. The van der Waals surface area contributed by atoms with Crippen molar-refractivity contribution in [2.75, 3.05) is 33.3 Å². The van der Waals surface area contributed by atoms with Crippen molar-refractivity contribution >= 4 is 5.91 Å². The highest BCUT2D eigenvalue weighted by Crippen LogP contribution is 2.17. The minimum atomic E-state index is 0.122. The van der Waals surface area contributed by atoms with Crippen LogP contribution in [0.25, 0.3) is 0 Å². The van der Waals surface area contributed by atoms with Gasteiger partial charge in [-0.05, 0) is 69.3 Å². The van der Waals surface area contributed by atoms with Gasteiger partial charge in [0.1, 0.15) is 0 Å². The first kappa shape index (κ1) is 18.4. The number of carbonyl (C=O) groups is 1. The Kier molecular flexibility index (Phi) is 6.88. The van der Waals surface area contributed by atoms with Crippen molar-refractivity contribution in [3.8, 4) is 0 Å². The predicted molar refractivity (Wildman–Crippen MR) is 101 cm³/mol. The van der Waals surface area contributed by atoms with Crippen LogP contribution in [0, 0.1) is 0 Å². The van der Waals surface area contributed by atoms with Gasteiger partial charge in [-0.1, -0.05) is 18.6 Å². The Labute approximate surface area is 152 Å². The molecule has 0 saturated carbocycles. The number of hydrogen-bond donors (Lipinski definition) is 0. The Morgan fingerprint density at radius 2 is 1.92 bits per heavy atom. The minimum Gasteiger partial charge on any atom is -0.378 e. The lowest BCUT2D eigenvalue weighted by Crippen LogP contribution is -2.29. The van der Waals surface area contributed by atoms with Gasteiger partial charge in [0.2, 0.25) is 0 Å². The highest BCUT2D eigenvalue weighted by atomic mass is 16.5. The maximum atomic E-state index is 12.6. The van der Waals surface area contributed by atoms with E-state index in [1.54, 1.807) is 0 Å². The van der Waals surface area contributed by atoms with E-state index in [-0.39, 0.29) is 5.91 Å². The fourth-order valence-electron chi connectivity index (χ4n) is 3.88. The summed E-state index contributed by atoms with van der Waals surface area (Å²) < 4.78 is 5.65. The van der Waals surface area contributed by atoms with Crippen LogP contribution in [0.15, 0.2) is 24.3 Å². The molecule has 2 aliphatic heterocycles. The first-order valence-corrected chi connectivity index (χ1v) is 9.91. The largest absolute Gasteiger partial charge is 0.378 e. The average Bonchev–Trinajstić information content (AvgIpc) is 3.16. The molecule has 2 saturated heterocycles. The Bertz CT molecular complexity index is 531. The summed E-state index contributed by atoms with van der Waals surface area (Å²) >= 11 is 0. The van der Waals surface area contributed by atoms with Crippen LogP contribution in [0.1, 0.15) is 60.9 Å². The zero-order valence-corrected chi connectivity index (χ0v) is 15.6. The Balaban J connectivity index is 1.44. The Morgan fingerprint density at radius 3 is 2.60 bits per heavy atom. The molecular formula is C21H32N2O2. The predicted octanol–water partition coefficient (Wildman–Crippen LogP) is 3.70. The SMILES string of the molecule is CN(CCC[C@H]1CCCO1)C(=O)c1ccc(CN2CCCCC2)cc1. The summed E-state index contributed by atoms with van der Waals surface area (Å²) in [5, 5.41) is 0. The maximum absolute atomic E-state index is 12.6. The van der Waals surface area contributed by atoms with Crippen LogP contribution in [0.4, 0.5) is 0 Å². The molecule has 4 heteroatoms. The van der Waals surface area contributed by atoms with E-state index in [2.05, 4.69) is 17.0 Å². The van der Waals surface area contributed by atoms with Crippen molar-refractivity contribution < 1.29 is 9.53 Å². The first-order valence-electron chi connectivity index (χ1n) is 9.91. The van der Waals surface area contributed by atoms with E-state index < -0.39 is 0 Å². The van der Waals surface area contributed by atoms with E-state index in [0.717, 1.165) is 38.1 Å². The molecule has 3 rings (SSSR count). The normalized spacial score (nSPS) is 21.4. The van der Waals surface area contributed by atoms with Crippen LogP contribution in [-0.2, 0) is 11.3 Å². The van der Waals surface area contributed by atoms with Gasteiger partial charge >= 0.3 is 0 Å². The van der Waals surface area contributed by atoms with Gasteiger partial charge < -0.3 is 9.64 Å². The number of amides is 1. The second-order valence-corrected chi connectivity index (χ2v) is 7.54. The standard InChI is InChI=1S/C21H32N2O2/c1-22(13-5-7-20-8-6-16-25-20)21(24)19-11-9-18(10-12-19)17-23-14-3-2-4-15-23/h9-12,20H,2-8,13-17H2,1H3/t20-/m0/s1. The van der Waals surface area contributed by atoms with Crippen molar-refractivity contribution in [1.29, 1.82) is 0 Å². The third-order valence-corrected chi connectivity index (χ3v) is 5.45. The molecule has 0 unspecified atom stereocenters. The van der Waals surface area contributed by atoms with Gasteiger partial charge in [0.15, 0.2) is 0 Å². The van der Waals surface area contributed by atoms with Gasteiger partial charge in [0.05, 0.1) is 6.10 Å². The van der Waals surface area contributed by atoms with Crippen molar-refractivity contribution in [2.24, 2.45) is 0 Å². The number of rotatable bonds is 7. The van der Waals surface area contributed by atoms with Gasteiger partial charge in [-0.3, -0.25) is 9.69 Å². The molecule has 2 fully saturated rings.